The van der Waals surface area contributed by atoms with Gasteiger partial charge in [0.15, 0.2) is 0 Å². The fourth-order valence-electron chi connectivity index (χ4n) is 6.29. The first kappa shape index (κ1) is 20.5. The minimum absolute atomic E-state index is 0.0232. The van der Waals surface area contributed by atoms with Gasteiger partial charge in [-0.25, -0.2) is 4.79 Å². The molecule has 0 saturated heterocycles. The van der Waals surface area contributed by atoms with E-state index in [1.165, 1.54) is 51.8 Å². The predicted molar refractivity (Wildman–Crippen MR) is 113 cm³/mol. The van der Waals surface area contributed by atoms with Gasteiger partial charge >= 0.3 is 5.97 Å². The van der Waals surface area contributed by atoms with E-state index in [4.69, 9.17) is 4.74 Å². The normalized spacial score (nSPS) is 30.3. The Labute approximate surface area is 177 Å². The lowest BCUT2D eigenvalue weighted by Gasteiger charge is -2.59. The molecule has 1 aromatic carbocycles. The van der Waals surface area contributed by atoms with Gasteiger partial charge in [0.1, 0.15) is 11.6 Å². The van der Waals surface area contributed by atoms with Crippen LogP contribution in [0.1, 0.15) is 55.8 Å². The maximum absolute atomic E-state index is 12.8. The minimum Gasteiger partial charge on any atom is -0.465 e. The van der Waals surface area contributed by atoms with Crippen LogP contribution in [0.4, 0.5) is 5.69 Å². The standard InChI is InChI=1S/C24H29N3O3/c1-15(24-10-16-6-17(11-24)8-18(7-16)12-24)27-22(28)20(13-25)14-26-21-5-3-4-19(9-21)23(29)30-2/h3-5,9,14-18,26H,6-8,10-12H2,1-2H3,(H,27,28)/b20-14-. The van der Waals surface area contributed by atoms with Crippen LogP contribution in [0.5, 0.6) is 0 Å². The van der Waals surface area contributed by atoms with E-state index in [0.29, 0.717) is 11.3 Å². The van der Waals surface area contributed by atoms with Gasteiger partial charge in [-0.1, -0.05) is 6.07 Å². The van der Waals surface area contributed by atoms with Gasteiger partial charge in [-0.15, -0.1) is 0 Å². The number of anilines is 1. The Morgan fingerprint density at radius 3 is 2.40 bits per heavy atom. The maximum Gasteiger partial charge on any atom is 0.337 e. The summed E-state index contributed by atoms with van der Waals surface area (Å²) in [5.41, 5.74) is 1.21. The molecule has 6 heteroatoms. The highest BCUT2D eigenvalue weighted by molar-refractivity contribution is 5.97. The van der Waals surface area contributed by atoms with E-state index < -0.39 is 5.97 Å². The van der Waals surface area contributed by atoms with Crippen LogP contribution in [0, 0.1) is 34.5 Å². The topological polar surface area (TPSA) is 91.2 Å². The molecule has 2 N–H and O–H groups in total. The van der Waals surface area contributed by atoms with Crippen molar-refractivity contribution in [3.63, 3.8) is 0 Å². The SMILES string of the molecule is COC(=O)c1cccc(N/C=C(/C#N)C(=O)NC(C)C23CC4CC(CC(C4)C2)C3)c1. The van der Waals surface area contributed by atoms with Crippen molar-refractivity contribution in [2.45, 2.75) is 51.5 Å². The molecular weight excluding hydrogens is 378 g/mol. The van der Waals surface area contributed by atoms with E-state index in [9.17, 15) is 14.9 Å². The summed E-state index contributed by atoms with van der Waals surface area (Å²) in [6.45, 7) is 2.10. The van der Waals surface area contributed by atoms with Gasteiger partial charge in [-0.2, -0.15) is 5.26 Å². The van der Waals surface area contributed by atoms with Crippen molar-refractivity contribution in [1.29, 1.82) is 5.26 Å². The summed E-state index contributed by atoms with van der Waals surface area (Å²) in [6, 6.07) is 8.78. The van der Waals surface area contributed by atoms with Crippen LogP contribution in [-0.4, -0.2) is 25.0 Å². The second-order valence-corrected chi connectivity index (χ2v) is 9.36. The number of nitrogens with zero attached hydrogens (tertiary/aromatic N) is 1. The van der Waals surface area contributed by atoms with Crippen LogP contribution >= 0.6 is 0 Å². The molecule has 0 radical (unpaired) electrons. The molecule has 0 spiro atoms. The largest absolute Gasteiger partial charge is 0.465 e. The summed E-state index contributed by atoms with van der Waals surface area (Å²) >= 11 is 0. The molecule has 30 heavy (non-hydrogen) atoms. The van der Waals surface area contributed by atoms with Crippen LogP contribution in [0.2, 0.25) is 0 Å². The van der Waals surface area contributed by atoms with Crippen molar-refractivity contribution in [1.82, 2.24) is 5.32 Å². The lowest BCUT2D eigenvalue weighted by molar-refractivity contribution is -0.122. The highest BCUT2D eigenvalue weighted by Crippen LogP contribution is 2.61. The Hall–Kier alpha value is -2.81. The smallest absolute Gasteiger partial charge is 0.337 e. The number of methoxy groups -OCH3 is 1. The second-order valence-electron chi connectivity index (χ2n) is 9.36. The molecule has 1 aromatic rings. The zero-order valence-electron chi connectivity index (χ0n) is 17.6. The molecule has 4 aliphatic rings. The minimum atomic E-state index is -0.440. The Kier molecular flexibility index (Phi) is 5.55. The summed E-state index contributed by atoms with van der Waals surface area (Å²) in [5.74, 6) is 1.64. The number of carbonyl (C=O) groups excluding carboxylic acids is 2. The summed E-state index contributed by atoms with van der Waals surface area (Å²) in [7, 11) is 1.32. The Morgan fingerprint density at radius 2 is 1.83 bits per heavy atom. The average molecular weight is 408 g/mol. The van der Waals surface area contributed by atoms with Crippen molar-refractivity contribution < 1.29 is 14.3 Å². The van der Waals surface area contributed by atoms with Gasteiger partial charge in [-0.3, -0.25) is 4.79 Å². The molecule has 1 amide bonds. The molecule has 5 rings (SSSR count). The van der Waals surface area contributed by atoms with Gasteiger partial charge < -0.3 is 15.4 Å². The molecule has 0 aromatic heterocycles. The zero-order chi connectivity index (χ0) is 21.3. The number of ether oxygens (including phenoxy) is 1. The number of hydrogen-bond acceptors (Lipinski definition) is 5. The highest BCUT2D eigenvalue weighted by Gasteiger charge is 2.53. The molecule has 0 aliphatic heterocycles. The van der Waals surface area contributed by atoms with Crippen LogP contribution in [0.3, 0.4) is 0 Å². The lowest BCUT2D eigenvalue weighted by atomic mass is 9.48. The summed E-state index contributed by atoms with van der Waals surface area (Å²) in [4.78, 5) is 24.5. The Balaban J connectivity index is 1.42. The molecule has 158 valence electrons. The van der Waals surface area contributed by atoms with E-state index in [1.807, 2.05) is 6.07 Å². The summed E-state index contributed by atoms with van der Waals surface area (Å²) < 4.78 is 4.72. The maximum atomic E-state index is 12.8. The number of benzene rings is 1. The van der Waals surface area contributed by atoms with Crippen molar-refractivity contribution in [3.8, 4) is 6.07 Å². The van der Waals surface area contributed by atoms with Crippen molar-refractivity contribution >= 4 is 17.6 Å². The fraction of sp³-hybridized carbons (Fsp3) is 0.542. The number of esters is 1. The van der Waals surface area contributed by atoms with Crippen LogP contribution in [0.15, 0.2) is 36.0 Å². The predicted octanol–water partition coefficient (Wildman–Crippen LogP) is 4.01. The van der Waals surface area contributed by atoms with Crippen molar-refractivity contribution in [2.24, 2.45) is 23.2 Å². The Morgan fingerprint density at radius 1 is 1.20 bits per heavy atom. The van der Waals surface area contributed by atoms with Crippen LogP contribution in [0.25, 0.3) is 0 Å². The molecule has 4 fully saturated rings. The third-order valence-electron chi connectivity index (χ3n) is 7.38. The van der Waals surface area contributed by atoms with E-state index in [-0.39, 0.29) is 22.9 Å². The third-order valence-corrected chi connectivity index (χ3v) is 7.38. The molecule has 1 unspecified atom stereocenters. The van der Waals surface area contributed by atoms with Crippen molar-refractivity contribution in [2.75, 3.05) is 12.4 Å². The number of nitrogens with one attached hydrogen (secondary N) is 2. The molecule has 4 bridgehead atoms. The molecule has 1 atom stereocenters. The monoisotopic (exact) mass is 407 g/mol. The van der Waals surface area contributed by atoms with Gasteiger partial charge in [0, 0.05) is 17.9 Å². The van der Waals surface area contributed by atoms with Gasteiger partial charge in [0.05, 0.1) is 12.7 Å². The van der Waals surface area contributed by atoms with E-state index >= 15 is 0 Å². The summed E-state index contributed by atoms with van der Waals surface area (Å²) in [6.07, 6.45) is 9.07. The quantitative estimate of drug-likeness (QED) is 0.422. The fourth-order valence-corrected chi connectivity index (χ4v) is 6.29. The number of rotatable bonds is 6. The molecule has 0 heterocycles. The van der Waals surface area contributed by atoms with Crippen molar-refractivity contribution in [3.05, 3.63) is 41.6 Å². The lowest BCUT2D eigenvalue weighted by Crippen LogP contribution is -2.56. The first-order valence-corrected chi connectivity index (χ1v) is 10.8. The molecule has 6 nitrogen and oxygen atoms in total. The van der Waals surface area contributed by atoms with E-state index in [2.05, 4.69) is 17.6 Å². The average Bonchev–Trinajstić information content (AvgIpc) is 2.72. The molecule has 4 aliphatic carbocycles. The van der Waals surface area contributed by atoms with Gasteiger partial charge in [-0.05, 0) is 86.8 Å². The number of hydrogen-bond donors (Lipinski definition) is 2. The van der Waals surface area contributed by atoms with Gasteiger partial charge in [0.2, 0.25) is 0 Å². The third kappa shape index (κ3) is 3.94. The number of nitriles is 1. The highest BCUT2D eigenvalue weighted by atomic mass is 16.5. The van der Waals surface area contributed by atoms with Crippen LogP contribution in [-0.2, 0) is 9.53 Å². The Bertz CT molecular complexity index is 879. The zero-order valence-corrected chi connectivity index (χ0v) is 17.6. The molecular formula is C24H29N3O3. The summed E-state index contributed by atoms with van der Waals surface area (Å²) in [5, 5.41) is 15.6. The first-order chi connectivity index (χ1) is 14.4. The van der Waals surface area contributed by atoms with E-state index in [0.717, 1.165) is 17.8 Å². The number of amides is 1. The first-order valence-electron chi connectivity index (χ1n) is 10.8. The second kappa shape index (κ2) is 8.14. The van der Waals surface area contributed by atoms with Crippen LogP contribution < -0.4 is 10.6 Å². The number of carbonyl (C=O) groups is 2. The van der Waals surface area contributed by atoms with Gasteiger partial charge in [0.25, 0.3) is 5.91 Å². The molecule has 4 saturated carbocycles. The van der Waals surface area contributed by atoms with E-state index in [1.54, 1.807) is 24.3 Å².